The molecular formula is C14H25ClN4O. The first kappa shape index (κ1) is 17.0. The SMILES string of the molecule is CCCN(CCN(C)C)C(=O)Cn1nc(C)c(Cl)c1C. The summed E-state index contributed by atoms with van der Waals surface area (Å²) in [5.74, 6) is 0.0935. The molecule has 0 aliphatic carbocycles. The highest BCUT2D eigenvalue weighted by Gasteiger charge is 2.17. The van der Waals surface area contributed by atoms with E-state index in [9.17, 15) is 4.79 Å². The fourth-order valence-corrected chi connectivity index (χ4v) is 2.14. The van der Waals surface area contributed by atoms with Gasteiger partial charge in [-0.15, -0.1) is 0 Å². The zero-order valence-electron chi connectivity index (χ0n) is 13.1. The number of aromatic nitrogens is 2. The Morgan fingerprint density at radius 2 is 1.90 bits per heavy atom. The molecule has 0 bridgehead atoms. The van der Waals surface area contributed by atoms with Gasteiger partial charge in [0.15, 0.2) is 0 Å². The number of aryl methyl sites for hydroxylation is 1. The van der Waals surface area contributed by atoms with Crippen LogP contribution in [0.1, 0.15) is 24.7 Å². The number of carbonyl (C=O) groups is 1. The summed E-state index contributed by atoms with van der Waals surface area (Å²) in [4.78, 5) is 16.4. The summed E-state index contributed by atoms with van der Waals surface area (Å²) in [6.45, 7) is 8.46. The van der Waals surface area contributed by atoms with E-state index in [1.54, 1.807) is 4.68 Å². The normalized spacial score (nSPS) is 11.2. The average molecular weight is 301 g/mol. The third-order valence-electron chi connectivity index (χ3n) is 3.24. The lowest BCUT2D eigenvalue weighted by atomic mass is 10.3. The number of halogens is 1. The van der Waals surface area contributed by atoms with E-state index < -0.39 is 0 Å². The van der Waals surface area contributed by atoms with Crippen molar-refractivity contribution in [3.8, 4) is 0 Å². The van der Waals surface area contributed by atoms with Crippen molar-refractivity contribution in [1.29, 1.82) is 0 Å². The van der Waals surface area contributed by atoms with Gasteiger partial charge < -0.3 is 9.80 Å². The molecule has 0 aliphatic rings. The lowest BCUT2D eigenvalue weighted by molar-refractivity contribution is -0.132. The first-order chi connectivity index (χ1) is 9.36. The minimum Gasteiger partial charge on any atom is -0.340 e. The van der Waals surface area contributed by atoms with Gasteiger partial charge in [-0.1, -0.05) is 18.5 Å². The molecular weight excluding hydrogens is 276 g/mol. The van der Waals surface area contributed by atoms with E-state index in [4.69, 9.17) is 11.6 Å². The summed E-state index contributed by atoms with van der Waals surface area (Å²) in [6, 6.07) is 0. The summed E-state index contributed by atoms with van der Waals surface area (Å²) in [5, 5.41) is 4.96. The van der Waals surface area contributed by atoms with E-state index in [2.05, 4.69) is 16.9 Å². The summed E-state index contributed by atoms with van der Waals surface area (Å²) < 4.78 is 1.69. The number of hydrogen-bond acceptors (Lipinski definition) is 3. The predicted molar refractivity (Wildman–Crippen MR) is 82.1 cm³/mol. The van der Waals surface area contributed by atoms with Gasteiger partial charge in [0.05, 0.1) is 16.4 Å². The van der Waals surface area contributed by atoms with Gasteiger partial charge in [-0.3, -0.25) is 9.48 Å². The zero-order valence-corrected chi connectivity index (χ0v) is 13.9. The maximum atomic E-state index is 12.4. The number of amides is 1. The quantitative estimate of drug-likeness (QED) is 0.773. The van der Waals surface area contributed by atoms with Crippen molar-refractivity contribution in [2.24, 2.45) is 0 Å². The van der Waals surface area contributed by atoms with Crippen LogP contribution in [-0.2, 0) is 11.3 Å². The topological polar surface area (TPSA) is 41.4 Å². The molecule has 0 N–H and O–H groups in total. The lowest BCUT2D eigenvalue weighted by Gasteiger charge is -2.24. The maximum Gasteiger partial charge on any atom is 0.244 e. The second kappa shape index (κ2) is 7.64. The summed E-state index contributed by atoms with van der Waals surface area (Å²) in [6.07, 6.45) is 0.955. The highest BCUT2D eigenvalue weighted by molar-refractivity contribution is 6.31. The second-order valence-corrected chi connectivity index (χ2v) is 5.70. The molecule has 6 heteroatoms. The fraction of sp³-hybridized carbons (Fsp3) is 0.714. The van der Waals surface area contributed by atoms with Gasteiger partial charge in [0.1, 0.15) is 6.54 Å². The molecule has 0 aliphatic heterocycles. The van der Waals surface area contributed by atoms with Crippen LogP contribution < -0.4 is 0 Å². The van der Waals surface area contributed by atoms with Crippen LogP contribution in [0.5, 0.6) is 0 Å². The van der Waals surface area contributed by atoms with Crippen LogP contribution in [0.4, 0.5) is 0 Å². The third kappa shape index (κ3) is 4.49. The Labute approximate surface area is 126 Å². The molecule has 5 nitrogen and oxygen atoms in total. The molecule has 0 fully saturated rings. The molecule has 1 aromatic heterocycles. The molecule has 0 saturated carbocycles. The van der Waals surface area contributed by atoms with Crippen LogP contribution in [0.15, 0.2) is 0 Å². The molecule has 1 rings (SSSR count). The minimum atomic E-state index is 0.0935. The Morgan fingerprint density at radius 1 is 1.25 bits per heavy atom. The van der Waals surface area contributed by atoms with Crippen LogP contribution in [0, 0.1) is 13.8 Å². The molecule has 0 aromatic carbocycles. The molecule has 0 unspecified atom stereocenters. The summed E-state index contributed by atoms with van der Waals surface area (Å²) >= 11 is 6.11. The van der Waals surface area contributed by atoms with Crippen LogP contribution in [-0.4, -0.2) is 59.2 Å². The van der Waals surface area contributed by atoms with Crippen LogP contribution in [0.2, 0.25) is 5.02 Å². The van der Waals surface area contributed by atoms with Crippen LogP contribution >= 0.6 is 11.6 Å². The Balaban J connectivity index is 2.72. The Morgan fingerprint density at radius 3 is 2.35 bits per heavy atom. The standard InChI is InChI=1S/C14H25ClN4O/c1-6-7-18(9-8-17(4)5)13(20)10-19-12(3)14(15)11(2)16-19/h6-10H2,1-5H3. The van der Waals surface area contributed by atoms with Crippen LogP contribution in [0.3, 0.4) is 0 Å². The maximum absolute atomic E-state index is 12.4. The van der Waals surface area contributed by atoms with Crippen molar-refractivity contribution in [1.82, 2.24) is 19.6 Å². The first-order valence-corrected chi connectivity index (χ1v) is 7.36. The van der Waals surface area contributed by atoms with Gasteiger partial charge in [0.2, 0.25) is 5.91 Å². The predicted octanol–water partition coefficient (Wildman–Crippen LogP) is 1.95. The second-order valence-electron chi connectivity index (χ2n) is 5.33. The minimum absolute atomic E-state index is 0.0935. The number of carbonyl (C=O) groups excluding carboxylic acids is 1. The van der Waals surface area contributed by atoms with E-state index in [1.807, 2.05) is 32.8 Å². The van der Waals surface area contributed by atoms with Crippen molar-refractivity contribution < 1.29 is 4.79 Å². The smallest absolute Gasteiger partial charge is 0.244 e. The number of hydrogen-bond donors (Lipinski definition) is 0. The van der Waals surface area contributed by atoms with E-state index >= 15 is 0 Å². The molecule has 114 valence electrons. The highest BCUT2D eigenvalue weighted by atomic mass is 35.5. The van der Waals surface area contributed by atoms with E-state index in [0.717, 1.165) is 37.4 Å². The number of nitrogens with zero attached hydrogens (tertiary/aromatic N) is 4. The Kier molecular flexibility index (Phi) is 6.49. The van der Waals surface area contributed by atoms with Gasteiger partial charge in [-0.05, 0) is 34.4 Å². The summed E-state index contributed by atoms with van der Waals surface area (Å²) in [7, 11) is 4.02. The first-order valence-electron chi connectivity index (χ1n) is 6.98. The van der Waals surface area contributed by atoms with Crippen LogP contribution in [0.25, 0.3) is 0 Å². The van der Waals surface area contributed by atoms with Gasteiger partial charge in [0.25, 0.3) is 0 Å². The Bertz CT molecular complexity index is 456. The molecule has 1 amide bonds. The molecule has 0 saturated heterocycles. The number of likely N-dealkylation sites (N-methyl/N-ethyl adjacent to an activating group) is 1. The molecule has 0 spiro atoms. The zero-order chi connectivity index (χ0) is 15.3. The van der Waals surface area contributed by atoms with Crippen molar-refractivity contribution in [2.45, 2.75) is 33.7 Å². The van der Waals surface area contributed by atoms with Crippen molar-refractivity contribution in [3.63, 3.8) is 0 Å². The largest absolute Gasteiger partial charge is 0.340 e. The van der Waals surface area contributed by atoms with E-state index in [0.29, 0.717) is 5.02 Å². The third-order valence-corrected chi connectivity index (χ3v) is 3.79. The highest BCUT2D eigenvalue weighted by Crippen LogP contribution is 2.18. The van der Waals surface area contributed by atoms with Crippen molar-refractivity contribution in [3.05, 3.63) is 16.4 Å². The van der Waals surface area contributed by atoms with Crippen molar-refractivity contribution in [2.75, 3.05) is 33.7 Å². The molecule has 20 heavy (non-hydrogen) atoms. The van der Waals surface area contributed by atoms with Crippen molar-refractivity contribution >= 4 is 17.5 Å². The molecule has 0 radical (unpaired) electrons. The molecule has 1 heterocycles. The van der Waals surface area contributed by atoms with Gasteiger partial charge in [0, 0.05) is 19.6 Å². The summed E-state index contributed by atoms with van der Waals surface area (Å²) in [5.41, 5.74) is 1.62. The monoisotopic (exact) mass is 300 g/mol. The number of rotatable bonds is 7. The van der Waals surface area contributed by atoms with Gasteiger partial charge >= 0.3 is 0 Å². The molecule has 1 aromatic rings. The van der Waals surface area contributed by atoms with E-state index in [1.165, 1.54) is 0 Å². The average Bonchev–Trinajstić information content (AvgIpc) is 2.62. The lowest BCUT2D eigenvalue weighted by Crippen LogP contribution is -2.39. The fourth-order valence-electron chi connectivity index (χ4n) is 2.01. The molecule has 0 atom stereocenters. The Hall–Kier alpha value is -1.07. The van der Waals surface area contributed by atoms with Gasteiger partial charge in [-0.2, -0.15) is 5.10 Å². The van der Waals surface area contributed by atoms with E-state index in [-0.39, 0.29) is 12.5 Å². The van der Waals surface area contributed by atoms with Gasteiger partial charge in [-0.25, -0.2) is 0 Å².